The van der Waals surface area contributed by atoms with E-state index in [4.69, 9.17) is 0 Å². The lowest BCUT2D eigenvalue weighted by Crippen LogP contribution is -2.26. The van der Waals surface area contributed by atoms with Gasteiger partial charge in [-0.1, -0.05) is 17.7 Å². The third-order valence-corrected chi connectivity index (χ3v) is 3.13. The number of amides is 1. The Balaban J connectivity index is 1.99. The largest absolute Gasteiger partial charge is 0.376 e. The number of aryl methyl sites for hydroxylation is 1. The van der Waals surface area contributed by atoms with E-state index in [2.05, 4.69) is 10.4 Å². The zero-order chi connectivity index (χ0) is 18.6. The summed E-state index contributed by atoms with van der Waals surface area (Å²) in [5, 5.41) is 5.97. The molecule has 0 saturated heterocycles. The summed E-state index contributed by atoms with van der Waals surface area (Å²) in [4.78, 5) is 11.5. The Morgan fingerprint density at radius 1 is 0.960 bits per heavy atom. The van der Waals surface area contributed by atoms with Gasteiger partial charge in [-0.2, -0.15) is 5.10 Å². The Hall–Kier alpha value is -2.97. The van der Waals surface area contributed by atoms with Gasteiger partial charge in [0.25, 0.3) is 5.91 Å². The summed E-state index contributed by atoms with van der Waals surface area (Å²) < 4.78 is 65.7. The molecule has 0 aliphatic rings. The van der Waals surface area contributed by atoms with Crippen LogP contribution in [0.2, 0.25) is 0 Å². The van der Waals surface area contributed by atoms with Crippen molar-refractivity contribution < 1.29 is 26.7 Å². The number of hydrazone groups is 1. The Kier molecular flexibility index (Phi) is 5.68. The molecule has 0 heterocycles. The molecule has 0 aliphatic carbocycles. The van der Waals surface area contributed by atoms with Crippen molar-refractivity contribution in [2.45, 2.75) is 6.92 Å². The molecule has 1 amide bonds. The highest BCUT2D eigenvalue weighted by Crippen LogP contribution is 2.21. The summed E-state index contributed by atoms with van der Waals surface area (Å²) in [6.07, 6.45) is 0.347. The van der Waals surface area contributed by atoms with Crippen LogP contribution in [-0.4, -0.2) is 18.7 Å². The van der Waals surface area contributed by atoms with Crippen LogP contribution in [-0.2, 0) is 4.79 Å². The molecule has 0 fully saturated rings. The SMILES string of the molecule is Cc1ccc(NCC(=O)N/N=C/c2c(F)c(F)c(F)c(F)c2F)cc1. The van der Waals surface area contributed by atoms with Gasteiger partial charge in [-0.05, 0) is 19.1 Å². The molecule has 2 aromatic carbocycles. The maximum absolute atomic E-state index is 13.4. The summed E-state index contributed by atoms with van der Waals surface area (Å²) in [5.41, 5.74) is 2.36. The van der Waals surface area contributed by atoms with E-state index in [-0.39, 0.29) is 6.54 Å². The van der Waals surface area contributed by atoms with Crippen LogP contribution < -0.4 is 10.7 Å². The van der Waals surface area contributed by atoms with Crippen molar-refractivity contribution in [3.8, 4) is 0 Å². The van der Waals surface area contributed by atoms with Crippen molar-refractivity contribution in [2.75, 3.05) is 11.9 Å². The highest BCUT2D eigenvalue weighted by Gasteiger charge is 2.24. The maximum Gasteiger partial charge on any atom is 0.259 e. The number of hydrogen-bond acceptors (Lipinski definition) is 3. The second-order valence-corrected chi connectivity index (χ2v) is 5.00. The third-order valence-electron chi connectivity index (χ3n) is 3.13. The molecular weight excluding hydrogens is 345 g/mol. The second kappa shape index (κ2) is 7.73. The minimum absolute atomic E-state index is 0.211. The van der Waals surface area contributed by atoms with Crippen LogP contribution in [0.3, 0.4) is 0 Å². The van der Waals surface area contributed by atoms with Gasteiger partial charge in [-0.3, -0.25) is 4.79 Å². The van der Waals surface area contributed by atoms with E-state index in [1.165, 1.54) is 0 Å². The number of nitrogens with zero attached hydrogens (tertiary/aromatic N) is 1. The molecule has 2 N–H and O–H groups in total. The van der Waals surface area contributed by atoms with Crippen LogP contribution in [0.15, 0.2) is 29.4 Å². The molecule has 25 heavy (non-hydrogen) atoms. The lowest BCUT2D eigenvalue weighted by Gasteiger charge is -2.06. The molecular formula is C16H12F5N3O. The summed E-state index contributed by atoms with van der Waals surface area (Å²) in [6.45, 7) is 1.68. The highest BCUT2D eigenvalue weighted by atomic mass is 19.2. The first-order chi connectivity index (χ1) is 11.8. The molecule has 0 aliphatic heterocycles. The predicted octanol–water partition coefficient (Wildman–Crippen LogP) is 3.25. The number of hydrogen-bond donors (Lipinski definition) is 2. The van der Waals surface area contributed by atoms with E-state index in [1.807, 2.05) is 24.5 Å². The average molecular weight is 357 g/mol. The Labute approximate surface area is 139 Å². The molecule has 0 saturated carbocycles. The normalized spacial score (nSPS) is 11.0. The first-order valence-corrected chi connectivity index (χ1v) is 6.95. The van der Waals surface area contributed by atoms with Gasteiger partial charge >= 0.3 is 0 Å². The van der Waals surface area contributed by atoms with Gasteiger partial charge in [-0.15, -0.1) is 0 Å². The van der Waals surface area contributed by atoms with Crippen molar-refractivity contribution >= 4 is 17.8 Å². The van der Waals surface area contributed by atoms with E-state index in [1.54, 1.807) is 12.1 Å². The topological polar surface area (TPSA) is 53.5 Å². The number of nitrogens with one attached hydrogen (secondary N) is 2. The summed E-state index contributed by atoms with van der Waals surface area (Å²) in [7, 11) is 0. The van der Waals surface area contributed by atoms with Gasteiger partial charge in [-0.25, -0.2) is 27.4 Å². The molecule has 132 valence electrons. The van der Waals surface area contributed by atoms with Crippen LogP contribution in [0.25, 0.3) is 0 Å². The van der Waals surface area contributed by atoms with Crippen molar-refractivity contribution in [3.05, 3.63) is 64.5 Å². The highest BCUT2D eigenvalue weighted by molar-refractivity contribution is 5.84. The fourth-order valence-electron chi connectivity index (χ4n) is 1.80. The van der Waals surface area contributed by atoms with Gasteiger partial charge in [0.2, 0.25) is 5.82 Å². The summed E-state index contributed by atoms with van der Waals surface area (Å²) in [6, 6.07) is 7.12. The Morgan fingerprint density at radius 3 is 2.04 bits per heavy atom. The molecule has 0 aromatic heterocycles. The number of rotatable bonds is 5. The van der Waals surface area contributed by atoms with Gasteiger partial charge < -0.3 is 5.32 Å². The van der Waals surface area contributed by atoms with E-state index in [0.29, 0.717) is 11.9 Å². The van der Waals surface area contributed by atoms with Crippen LogP contribution in [0.1, 0.15) is 11.1 Å². The van der Waals surface area contributed by atoms with Gasteiger partial charge in [0.05, 0.1) is 18.3 Å². The minimum Gasteiger partial charge on any atom is -0.376 e. The van der Waals surface area contributed by atoms with Gasteiger partial charge in [0.15, 0.2) is 23.3 Å². The third kappa shape index (κ3) is 4.31. The lowest BCUT2D eigenvalue weighted by molar-refractivity contribution is -0.119. The van der Waals surface area contributed by atoms with Gasteiger partial charge in [0, 0.05) is 5.69 Å². The minimum atomic E-state index is -2.27. The van der Waals surface area contributed by atoms with Crippen LogP contribution in [0.4, 0.5) is 27.6 Å². The number of benzene rings is 2. The standard InChI is InChI=1S/C16H12F5N3O/c1-8-2-4-9(5-3-8)22-7-11(25)24-23-6-10-12(17)14(19)16(21)15(20)13(10)18/h2-6,22H,7H2,1H3,(H,24,25)/b23-6+. The molecule has 9 heteroatoms. The number of carbonyl (C=O) groups is 1. The van der Waals surface area contributed by atoms with Gasteiger partial charge in [0.1, 0.15) is 0 Å². The zero-order valence-electron chi connectivity index (χ0n) is 12.8. The predicted molar refractivity (Wildman–Crippen MR) is 81.6 cm³/mol. The van der Waals surface area contributed by atoms with Crippen molar-refractivity contribution in [2.24, 2.45) is 5.10 Å². The molecule has 4 nitrogen and oxygen atoms in total. The maximum atomic E-state index is 13.4. The lowest BCUT2D eigenvalue weighted by atomic mass is 10.2. The van der Waals surface area contributed by atoms with Crippen LogP contribution in [0.5, 0.6) is 0 Å². The monoisotopic (exact) mass is 357 g/mol. The average Bonchev–Trinajstić information content (AvgIpc) is 2.60. The number of carbonyl (C=O) groups excluding carboxylic acids is 1. The molecule has 0 unspecified atom stereocenters. The molecule has 0 radical (unpaired) electrons. The quantitative estimate of drug-likeness (QED) is 0.284. The number of anilines is 1. The summed E-state index contributed by atoms with van der Waals surface area (Å²) in [5.74, 6) is -11.2. The van der Waals surface area contributed by atoms with E-state index in [0.717, 1.165) is 5.56 Å². The molecule has 2 rings (SSSR count). The van der Waals surface area contributed by atoms with Crippen molar-refractivity contribution in [1.82, 2.24) is 5.43 Å². The van der Waals surface area contributed by atoms with Crippen LogP contribution >= 0.6 is 0 Å². The van der Waals surface area contributed by atoms with E-state index >= 15 is 0 Å². The second-order valence-electron chi connectivity index (χ2n) is 5.00. The Bertz CT molecular complexity index is 793. The molecule has 0 bridgehead atoms. The fraction of sp³-hybridized carbons (Fsp3) is 0.125. The molecule has 0 atom stereocenters. The fourth-order valence-corrected chi connectivity index (χ4v) is 1.80. The summed E-state index contributed by atoms with van der Waals surface area (Å²) >= 11 is 0. The first kappa shape index (κ1) is 18.4. The number of halogens is 5. The van der Waals surface area contributed by atoms with Crippen molar-refractivity contribution in [1.29, 1.82) is 0 Å². The zero-order valence-corrected chi connectivity index (χ0v) is 12.8. The molecule has 2 aromatic rings. The first-order valence-electron chi connectivity index (χ1n) is 6.95. The van der Waals surface area contributed by atoms with E-state index < -0.39 is 40.6 Å². The smallest absolute Gasteiger partial charge is 0.259 e. The van der Waals surface area contributed by atoms with Crippen LogP contribution in [0, 0.1) is 36.0 Å². The van der Waals surface area contributed by atoms with Crippen molar-refractivity contribution in [3.63, 3.8) is 0 Å². The van der Waals surface area contributed by atoms with E-state index in [9.17, 15) is 26.7 Å². The Morgan fingerprint density at radius 2 is 1.48 bits per heavy atom. The molecule has 0 spiro atoms.